The van der Waals surface area contributed by atoms with Crippen molar-refractivity contribution in [1.82, 2.24) is 20.8 Å². The molecule has 0 bridgehead atoms. The maximum absolute atomic E-state index is 11.4. The fourth-order valence-electron chi connectivity index (χ4n) is 1.53. The number of imide groups is 1. The molecule has 0 radical (unpaired) electrons. The zero-order chi connectivity index (χ0) is 12.4. The van der Waals surface area contributed by atoms with Crippen LogP contribution in [0.15, 0.2) is 4.42 Å². The first-order valence-corrected chi connectivity index (χ1v) is 5.19. The van der Waals surface area contributed by atoms with E-state index >= 15 is 0 Å². The largest absolute Gasteiger partial charge is 0.407 e. The van der Waals surface area contributed by atoms with Gasteiger partial charge in [0.05, 0.1) is 6.54 Å². The molecule has 2 N–H and O–H groups in total. The van der Waals surface area contributed by atoms with Crippen LogP contribution in [0.25, 0.3) is 0 Å². The number of hydrogen-bond donors (Lipinski definition) is 2. The van der Waals surface area contributed by atoms with Gasteiger partial charge in [-0.3, -0.25) is 14.9 Å². The quantitative estimate of drug-likeness (QED) is 0.628. The highest BCUT2D eigenvalue weighted by Crippen LogP contribution is 2.17. The Hall–Kier alpha value is -1.96. The van der Waals surface area contributed by atoms with E-state index in [4.69, 9.17) is 4.42 Å². The van der Waals surface area contributed by atoms with Gasteiger partial charge in [0.25, 0.3) is 0 Å². The highest BCUT2D eigenvalue weighted by Gasteiger charge is 2.33. The average molecular weight is 239 g/mol. The van der Waals surface area contributed by atoms with Crippen LogP contribution < -0.4 is 15.5 Å². The fourth-order valence-corrected chi connectivity index (χ4v) is 1.53. The molecule has 0 aliphatic carbocycles. The van der Waals surface area contributed by atoms with Crippen molar-refractivity contribution in [3.05, 3.63) is 5.89 Å². The average Bonchev–Trinajstić information content (AvgIpc) is 2.72. The van der Waals surface area contributed by atoms with Crippen molar-refractivity contribution in [3.63, 3.8) is 0 Å². The van der Waals surface area contributed by atoms with Crippen LogP contribution in [0.3, 0.4) is 0 Å². The number of nitrogens with one attached hydrogen (secondary N) is 2. The van der Waals surface area contributed by atoms with E-state index in [0.29, 0.717) is 12.4 Å². The van der Waals surface area contributed by atoms with Crippen molar-refractivity contribution in [1.29, 1.82) is 0 Å². The Morgan fingerprint density at radius 2 is 2.29 bits per heavy atom. The molecule has 0 spiro atoms. The molecule has 1 unspecified atom stereocenters. The molecule has 8 heteroatoms. The molecule has 92 valence electrons. The number of carbonyl (C=O) groups excluding carboxylic acids is 2. The Morgan fingerprint density at radius 3 is 3.00 bits per heavy atom. The molecule has 8 nitrogen and oxygen atoms in total. The van der Waals surface area contributed by atoms with E-state index in [0.717, 1.165) is 0 Å². The molecule has 2 amide bonds. The Labute approximate surface area is 97.4 Å². The van der Waals surface area contributed by atoms with Gasteiger partial charge >= 0.3 is 6.01 Å². The number of anilines is 1. The lowest BCUT2D eigenvalue weighted by atomic mass is 10.2. The Bertz CT molecular complexity index is 444. The summed E-state index contributed by atoms with van der Waals surface area (Å²) in [5.41, 5.74) is 0. The highest BCUT2D eigenvalue weighted by molar-refractivity contribution is 6.03. The van der Waals surface area contributed by atoms with Crippen LogP contribution in [0.2, 0.25) is 0 Å². The third-order valence-corrected chi connectivity index (χ3v) is 2.45. The molecular formula is C9H13N5O3. The Kier molecular flexibility index (Phi) is 3.05. The molecule has 0 saturated carbocycles. The minimum atomic E-state index is -0.504. The summed E-state index contributed by atoms with van der Waals surface area (Å²) in [6.07, 6.45) is 0. The summed E-state index contributed by atoms with van der Waals surface area (Å²) in [7, 11) is 1.75. The van der Waals surface area contributed by atoms with E-state index < -0.39 is 6.04 Å². The van der Waals surface area contributed by atoms with E-state index in [1.807, 2.05) is 0 Å². The van der Waals surface area contributed by atoms with Crippen LogP contribution in [0.1, 0.15) is 12.8 Å². The Balaban J connectivity index is 2.19. The van der Waals surface area contributed by atoms with Crippen molar-refractivity contribution in [2.45, 2.75) is 19.5 Å². The van der Waals surface area contributed by atoms with Gasteiger partial charge in [0, 0.05) is 0 Å². The maximum Gasteiger partial charge on any atom is 0.319 e. The number of rotatable bonds is 3. The molecule has 1 aromatic heterocycles. The van der Waals surface area contributed by atoms with Crippen LogP contribution in [-0.2, 0) is 16.1 Å². The molecule has 1 aliphatic rings. The molecule has 0 aromatic carbocycles. The summed E-state index contributed by atoms with van der Waals surface area (Å²) in [5.74, 6) is -0.329. The summed E-state index contributed by atoms with van der Waals surface area (Å²) < 4.78 is 5.34. The summed E-state index contributed by atoms with van der Waals surface area (Å²) >= 11 is 0. The molecule has 2 rings (SSSR count). The fraction of sp³-hybridized carbons (Fsp3) is 0.556. The van der Waals surface area contributed by atoms with Gasteiger partial charge in [-0.15, -0.1) is 5.10 Å². The normalized spacial score (nSPS) is 20.6. The van der Waals surface area contributed by atoms with E-state index in [1.165, 1.54) is 4.90 Å². The van der Waals surface area contributed by atoms with Crippen molar-refractivity contribution in [3.8, 4) is 0 Å². The van der Waals surface area contributed by atoms with Crippen LogP contribution in [0.5, 0.6) is 0 Å². The monoisotopic (exact) mass is 239 g/mol. The van der Waals surface area contributed by atoms with Gasteiger partial charge in [-0.25, -0.2) is 0 Å². The molecule has 1 aromatic rings. The number of piperazine rings is 1. The van der Waals surface area contributed by atoms with Gasteiger partial charge < -0.3 is 14.6 Å². The van der Waals surface area contributed by atoms with Gasteiger partial charge in [0.1, 0.15) is 12.6 Å². The lowest BCUT2D eigenvalue weighted by Gasteiger charge is -2.29. The lowest BCUT2D eigenvalue weighted by molar-refractivity contribution is -0.132. The molecule has 2 heterocycles. The second kappa shape index (κ2) is 4.50. The number of aromatic nitrogens is 2. The zero-order valence-electron chi connectivity index (χ0n) is 9.56. The van der Waals surface area contributed by atoms with Crippen molar-refractivity contribution < 1.29 is 14.0 Å². The van der Waals surface area contributed by atoms with Gasteiger partial charge in [0.2, 0.25) is 17.7 Å². The van der Waals surface area contributed by atoms with Gasteiger partial charge in [-0.2, -0.15) is 0 Å². The smallest absolute Gasteiger partial charge is 0.319 e. The maximum atomic E-state index is 11.4. The summed E-state index contributed by atoms with van der Waals surface area (Å²) in [4.78, 5) is 24.2. The molecular weight excluding hydrogens is 226 g/mol. The predicted octanol–water partition coefficient (Wildman–Crippen LogP) is -1.36. The number of nitrogens with zero attached hydrogens (tertiary/aromatic N) is 3. The second-order valence-corrected chi connectivity index (χ2v) is 3.73. The number of carbonyl (C=O) groups is 2. The van der Waals surface area contributed by atoms with Crippen LogP contribution in [0, 0.1) is 0 Å². The third-order valence-electron chi connectivity index (χ3n) is 2.45. The first-order valence-electron chi connectivity index (χ1n) is 5.19. The molecule has 1 atom stereocenters. The van der Waals surface area contributed by atoms with Gasteiger partial charge in [0.15, 0.2) is 0 Å². The van der Waals surface area contributed by atoms with E-state index in [9.17, 15) is 9.59 Å². The predicted molar refractivity (Wildman–Crippen MR) is 57.0 cm³/mol. The standard InChI is InChI=1S/C9H13N5O3/c1-5-8(16)11-6(15)4-14(5)9-13-12-7(17-9)3-10-2/h5,10H,3-4H2,1-2H3,(H,11,15,16). The molecule has 1 aliphatic heterocycles. The highest BCUT2D eigenvalue weighted by atomic mass is 16.4. The third kappa shape index (κ3) is 2.26. The summed E-state index contributed by atoms with van der Waals surface area (Å²) in [6.45, 7) is 2.15. The topological polar surface area (TPSA) is 100 Å². The molecule has 1 saturated heterocycles. The van der Waals surface area contributed by atoms with Gasteiger partial charge in [-0.1, -0.05) is 5.10 Å². The second-order valence-electron chi connectivity index (χ2n) is 3.73. The van der Waals surface area contributed by atoms with Crippen molar-refractivity contribution >= 4 is 17.8 Å². The SMILES string of the molecule is CNCc1nnc(N2CC(=O)NC(=O)C2C)o1. The minimum Gasteiger partial charge on any atom is -0.407 e. The zero-order valence-corrected chi connectivity index (χ0v) is 9.56. The van der Waals surface area contributed by atoms with Crippen LogP contribution >= 0.6 is 0 Å². The van der Waals surface area contributed by atoms with Crippen molar-refractivity contribution in [2.24, 2.45) is 0 Å². The number of amides is 2. The molecule has 1 fully saturated rings. The van der Waals surface area contributed by atoms with Gasteiger partial charge in [-0.05, 0) is 14.0 Å². The summed E-state index contributed by atoms with van der Waals surface area (Å²) in [5, 5.41) is 12.7. The minimum absolute atomic E-state index is 0.0358. The van der Waals surface area contributed by atoms with Crippen LogP contribution in [0.4, 0.5) is 6.01 Å². The summed E-state index contributed by atoms with van der Waals surface area (Å²) in [6, 6.07) is -0.318. The Morgan fingerprint density at radius 1 is 1.53 bits per heavy atom. The lowest BCUT2D eigenvalue weighted by Crippen LogP contribution is -2.57. The molecule has 17 heavy (non-hydrogen) atoms. The first kappa shape index (κ1) is 11.5. The van der Waals surface area contributed by atoms with E-state index in [2.05, 4.69) is 20.8 Å². The van der Waals surface area contributed by atoms with E-state index in [1.54, 1.807) is 14.0 Å². The van der Waals surface area contributed by atoms with Crippen LogP contribution in [-0.4, -0.2) is 41.6 Å². The van der Waals surface area contributed by atoms with Crippen molar-refractivity contribution in [2.75, 3.05) is 18.5 Å². The first-order chi connectivity index (χ1) is 8.11. The number of hydrogen-bond acceptors (Lipinski definition) is 7. The van der Waals surface area contributed by atoms with E-state index in [-0.39, 0.29) is 24.4 Å².